The van der Waals surface area contributed by atoms with Crippen molar-refractivity contribution in [2.75, 3.05) is 0 Å². The minimum atomic E-state index is -0.306. The van der Waals surface area contributed by atoms with Crippen molar-refractivity contribution in [2.24, 2.45) is 11.8 Å². The molecule has 0 saturated heterocycles. The molecule has 0 aliphatic rings. The molecule has 0 bridgehead atoms. The molecule has 0 rings (SSSR count). The maximum Gasteiger partial charge on any atom is 0.220 e. The van der Waals surface area contributed by atoms with Crippen LogP contribution in [-0.4, -0.2) is 17.7 Å². The van der Waals surface area contributed by atoms with E-state index in [0.29, 0.717) is 18.3 Å². The predicted molar refractivity (Wildman–Crippen MR) is 66.1 cm³/mol. The van der Waals surface area contributed by atoms with Crippen LogP contribution in [0.4, 0.5) is 0 Å². The monoisotopic (exact) mass is 227 g/mol. The second-order valence-corrected chi connectivity index (χ2v) is 5.29. The Morgan fingerprint density at radius 3 is 2.00 bits per heavy atom. The first-order valence-electron chi connectivity index (χ1n) is 6.12. The molecule has 1 amide bonds. The van der Waals surface area contributed by atoms with Crippen molar-refractivity contribution in [3.63, 3.8) is 0 Å². The van der Waals surface area contributed by atoms with Gasteiger partial charge in [0.1, 0.15) is 0 Å². The zero-order chi connectivity index (χ0) is 12.7. The number of carbonyl (C=O) groups is 2. The topological polar surface area (TPSA) is 46.2 Å². The van der Waals surface area contributed by atoms with Gasteiger partial charge in [0, 0.05) is 6.42 Å². The van der Waals surface area contributed by atoms with E-state index >= 15 is 0 Å². The van der Waals surface area contributed by atoms with E-state index in [2.05, 4.69) is 33.0 Å². The van der Waals surface area contributed by atoms with Crippen molar-refractivity contribution in [1.29, 1.82) is 0 Å². The van der Waals surface area contributed by atoms with E-state index in [1.807, 2.05) is 0 Å². The van der Waals surface area contributed by atoms with Crippen LogP contribution in [0.2, 0.25) is 0 Å². The van der Waals surface area contributed by atoms with E-state index in [9.17, 15) is 9.59 Å². The smallest absolute Gasteiger partial charge is 0.220 e. The Balaban J connectivity index is 4.08. The van der Waals surface area contributed by atoms with Crippen LogP contribution >= 0.6 is 0 Å². The van der Waals surface area contributed by atoms with Gasteiger partial charge in [0.05, 0.1) is 6.04 Å². The van der Waals surface area contributed by atoms with Crippen LogP contribution in [0.1, 0.15) is 53.9 Å². The third-order valence-corrected chi connectivity index (χ3v) is 2.48. The van der Waals surface area contributed by atoms with Gasteiger partial charge in [0.25, 0.3) is 0 Å². The van der Waals surface area contributed by atoms with E-state index in [1.54, 1.807) is 0 Å². The van der Waals surface area contributed by atoms with Crippen molar-refractivity contribution in [3.8, 4) is 0 Å². The third kappa shape index (κ3) is 7.43. The zero-order valence-electron chi connectivity index (χ0n) is 11.2. The molecule has 0 aliphatic heterocycles. The van der Waals surface area contributed by atoms with Crippen LogP contribution in [0, 0.1) is 11.8 Å². The first-order chi connectivity index (χ1) is 7.32. The van der Waals surface area contributed by atoms with Crippen molar-refractivity contribution in [3.05, 3.63) is 0 Å². The summed E-state index contributed by atoms with van der Waals surface area (Å²) >= 11 is 0. The Labute approximate surface area is 99.0 Å². The lowest BCUT2D eigenvalue weighted by molar-refractivity contribution is -0.127. The minimum absolute atomic E-state index is 0.00505. The van der Waals surface area contributed by atoms with Gasteiger partial charge in [-0.3, -0.25) is 9.59 Å². The van der Waals surface area contributed by atoms with Gasteiger partial charge >= 0.3 is 0 Å². The quantitative estimate of drug-likeness (QED) is 0.726. The molecule has 1 N–H and O–H groups in total. The first-order valence-corrected chi connectivity index (χ1v) is 6.12. The minimum Gasteiger partial charge on any atom is -0.346 e. The maximum atomic E-state index is 11.6. The molecule has 0 heterocycles. The summed E-state index contributed by atoms with van der Waals surface area (Å²) in [6, 6.07) is -0.306. The molecule has 94 valence electrons. The molecular weight excluding hydrogens is 202 g/mol. The summed E-state index contributed by atoms with van der Waals surface area (Å²) in [6.45, 7) is 9.82. The van der Waals surface area contributed by atoms with Gasteiger partial charge in [-0.2, -0.15) is 0 Å². The molecule has 3 heteroatoms. The molecule has 0 aromatic rings. The van der Waals surface area contributed by atoms with Crippen LogP contribution in [-0.2, 0) is 9.59 Å². The highest BCUT2D eigenvalue weighted by atomic mass is 16.2. The average molecular weight is 227 g/mol. The van der Waals surface area contributed by atoms with Gasteiger partial charge in [-0.15, -0.1) is 0 Å². The second kappa shape index (κ2) is 7.42. The standard InChI is InChI=1S/C13H25NO2/c1-9(2)6-7-13(16)14-12(11(5)15)8-10(3)4/h9-10,12H,6-8H2,1-5H3,(H,14,16)/t12-/m0/s1. The van der Waals surface area contributed by atoms with Crippen molar-refractivity contribution >= 4 is 11.7 Å². The van der Waals surface area contributed by atoms with Gasteiger partial charge in [-0.1, -0.05) is 27.7 Å². The Morgan fingerprint density at radius 1 is 1.06 bits per heavy atom. The lowest BCUT2D eigenvalue weighted by Crippen LogP contribution is -2.40. The summed E-state index contributed by atoms with van der Waals surface area (Å²) in [5.74, 6) is 0.979. The number of nitrogens with one attached hydrogen (secondary N) is 1. The van der Waals surface area contributed by atoms with Gasteiger partial charge in [-0.25, -0.2) is 0 Å². The van der Waals surface area contributed by atoms with Gasteiger partial charge in [-0.05, 0) is 31.6 Å². The molecule has 0 saturated carbocycles. The second-order valence-electron chi connectivity index (χ2n) is 5.29. The molecule has 1 atom stereocenters. The molecule has 3 nitrogen and oxygen atoms in total. The third-order valence-electron chi connectivity index (χ3n) is 2.48. The highest BCUT2D eigenvalue weighted by Gasteiger charge is 2.18. The van der Waals surface area contributed by atoms with Crippen LogP contribution in [0.3, 0.4) is 0 Å². The number of hydrogen-bond donors (Lipinski definition) is 1. The fraction of sp³-hybridized carbons (Fsp3) is 0.846. The first kappa shape index (κ1) is 15.1. The fourth-order valence-electron chi connectivity index (χ4n) is 1.48. The Hall–Kier alpha value is -0.860. The van der Waals surface area contributed by atoms with Crippen LogP contribution in [0.15, 0.2) is 0 Å². The largest absolute Gasteiger partial charge is 0.346 e. The summed E-state index contributed by atoms with van der Waals surface area (Å²) in [6.07, 6.45) is 2.11. The summed E-state index contributed by atoms with van der Waals surface area (Å²) in [4.78, 5) is 22.9. The normalized spacial score (nSPS) is 12.9. The van der Waals surface area contributed by atoms with E-state index in [4.69, 9.17) is 0 Å². The molecule has 0 radical (unpaired) electrons. The average Bonchev–Trinajstić information content (AvgIpc) is 2.12. The summed E-state index contributed by atoms with van der Waals surface area (Å²) < 4.78 is 0. The molecule has 0 aliphatic carbocycles. The number of Topliss-reactive ketones (excluding diaryl/α,β-unsaturated/α-hetero) is 1. The summed E-state index contributed by atoms with van der Waals surface area (Å²) in [5.41, 5.74) is 0. The van der Waals surface area contributed by atoms with E-state index in [-0.39, 0.29) is 17.7 Å². The highest BCUT2D eigenvalue weighted by Crippen LogP contribution is 2.07. The van der Waals surface area contributed by atoms with Crippen molar-refractivity contribution in [2.45, 2.75) is 59.9 Å². The van der Waals surface area contributed by atoms with Gasteiger partial charge in [0.15, 0.2) is 5.78 Å². The molecule has 16 heavy (non-hydrogen) atoms. The number of rotatable bonds is 7. The number of carbonyl (C=O) groups excluding carboxylic acids is 2. The van der Waals surface area contributed by atoms with E-state index < -0.39 is 0 Å². The lowest BCUT2D eigenvalue weighted by atomic mass is 10.0. The van der Waals surface area contributed by atoms with Crippen LogP contribution in [0.5, 0.6) is 0 Å². The summed E-state index contributed by atoms with van der Waals surface area (Å²) in [7, 11) is 0. The predicted octanol–water partition coefficient (Wildman–Crippen LogP) is 2.54. The summed E-state index contributed by atoms with van der Waals surface area (Å²) in [5, 5.41) is 2.81. The van der Waals surface area contributed by atoms with Gasteiger partial charge in [0.2, 0.25) is 5.91 Å². The Kier molecular flexibility index (Phi) is 7.02. The van der Waals surface area contributed by atoms with Gasteiger partial charge < -0.3 is 5.32 Å². The number of hydrogen-bond acceptors (Lipinski definition) is 2. The Bertz CT molecular complexity index is 234. The fourth-order valence-corrected chi connectivity index (χ4v) is 1.48. The highest BCUT2D eigenvalue weighted by molar-refractivity contribution is 5.87. The maximum absolute atomic E-state index is 11.6. The molecule has 0 aromatic carbocycles. The Morgan fingerprint density at radius 2 is 1.62 bits per heavy atom. The van der Waals surface area contributed by atoms with Crippen molar-refractivity contribution in [1.82, 2.24) is 5.32 Å². The van der Waals surface area contributed by atoms with Crippen LogP contribution in [0.25, 0.3) is 0 Å². The van der Waals surface area contributed by atoms with Crippen molar-refractivity contribution < 1.29 is 9.59 Å². The number of amides is 1. The van der Waals surface area contributed by atoms with E-state index in [1.165, 1.54) is 6.92 Å². The number of ketones is 1. The molecule has 0 aromatic heterocycles. The van der Waals surface area contributed by atoms with E-state index in [0.717, 1.165) is 12.8 Å². The SMILES string of the molecule is CC(=O)[C@H](CC(C)C)NC(=O)CCC(C)C. The lowest BCUT2D eigenvalue weighted by Gasteiger charge is -2.18. The molecule has 0 fully saturated rings. The molecule has 0 unspecified atom stereocenters. The molecular formula is C13H25NO2. The van der Waals surface area contributed by atoms with Crippen LogP contribution < -0.4 is 5.32 Å². The molecule has 0 spiro atoms. The zero-order valence-corrected chi connectivity index (χ0v) is 11.2.